The molecule has 0 radical (unpaired) electrons. The fourth-order valence-electron chi connectivity index (χ4n) is 4.92. The Morgan fingerprint density at radius 2 is 1.59 bits per heavy atom. The minimum Gasteiger partial charge on any atom is -0.379 e. The van der Waals surface area contributed by atoms with E-state index in [0.29, 0.717) is 18.0 Å². The second-order valence-corrected chi connectivity index (χ2v) is 12.6. The fraction of sp³-hybridized carbons (Fsp3) is 0.464. The van der Waals surface area contributed by atoms with Crippen molar-refractivity contribution < 1.29 is 13.2 Å². The lowest BCUT2D eigenvalue weighted by molar-refractivity contribution is 0.0369. The third-order valence-corrected chi connectivity index (χ3v) is 9.90. The molecular weight excluding hydrogens is 504 g/mol. The van der Waals surface area contributed by atoms with Crippen LogP contribution in [0.2, 0.25) is 0 Å². The number of benzene rings is 2. The third-order valence-electron chi connectivity index (χ3n) is 7.12. The Morgan fingerprint density at radius 1 is 0.892 bits per heavy atom. The van der Waals surface area contributed by atoms with E-state index in [1.165, 1.54) is 5.56 Å². The maximum atomic E-state index is 13.1. The van der Waals surface area contributed by atoms with Gasteiger partial charge >= 0.3 is 0 Å². The van der Waals surface area contributed by atoms with Crippen molar-refractivity contribution in [3.63, 3.8) is 0 Å². The van der Waals surface area contributed by atoms with E-state index in [9.17, 15) is 8.42 Å². The van der Waals surface area contributed by atoms with Gasteiger partial charge in [0.1, 0.15) is 0 Å². The van der Waals surface area contributed by atoms with Gasteiger partial charge in [-0.25, -0.2) is 13.4 Å². The van der Waals surface area contributed by atoms with E-state index < -0.39 is 10.0 Å². The molecule has 2 aliphatic rings. The van der Waals surface area contributed by atoms with Gasteiger partial charge in [-0.2, -0.15) is 4.31 Å². The Labute approximate surface area is 224 Å². The summed E-state index contributed by atoms with van der Waals surface area (Å²) in [6, 6.07) is 15.6. The van der Waals surface area contributed by atoms with Crippen molar-refractivity contribution in [1.82, 2.24) is 13.8 Å². The Hall–Kier alpha value is -2.30. The standard InChI is InChI=1S/C28H36N4O3S2/c1-23-6-10-25(11-7-23)29-28-32(17-5-14-30-18-20-35-21-19-30)27(22-36-28)24-8-12-26(13-9-24)37(33,34)31-15-3-2-4-16-31/h6-13,22H,2-5,14-21H2,1H3. The minimum atomic E-state index is -3.44. The zero-order valence-corrected chi connectivity index (χ0v) is 23.1. The predicted molar refractivity (Wildman–Crippen MR) is 149 cm³/mol. The lowest BCUT2D eigenvalue weighted by Gasteiger charge is -2.26. The number of morpholine rings is 1. The van der Waals surface area contributed by atoms with Gasteiger partial charge in [-0.15, -0.1) is 11.3 Å². The molecular formula is C28H36N4O3S2. The molecule has 0 bridgehead atoms. The molecule has 0 saturated carbocycles. The summed E-state index contributed by atoms with van der Waals surface area (Å²) in [5, 5.41) is 2.13. The Kier molecular flexibility index (Phi) is 8.56. The lowest BCUT2D eigenvalue weighted by atomic mass is 10.1. The zero-order chi connectivity index (χ0) is 25.7. The smallest absolute Gasteiger partial charge is 0.243 e. The van der Waals surface area contributed by atoms with Crippen LogP contribution in [0.15, 0.2) is 63.8 Å². The first-order chi connectivity index (χ1) is 18.0. The van der Waals surface area contributed by atoms with Gasteiger partial charge in [-0.3, -0.25) is 4.90 Å². The van der Waals surface area contributed by atoms with Crippen LogP contribution in [0.5, 0.6) is 0 Å². The second kappa shape index (κ2) is 12.0. The van der Waals surface area contributed by atoms with Gasteiger partial charge in [0.2, 0.25) is 10.0 Å². The van der Waals surface area contributed by atoms with Crippen molar-refractivity contribution in [2.45, 2.75) is 44.0 Å². The number of aryl methyl sites for hydroxylation is 1. The van der Waals surface area contributed by atoms with Gasteiger partial charge in [-0.1, -0.05) is 36.2 Å². The van der Waals surface area contributed by atoms with Crippen LogP contribution in [0.3, 0.4) is 0 Å². The molecule has 3 heterocycles. The van der Waals surface area contributed by atoms with Crippen LogP contribution in [-0.2, 0) is 21.3 Å². The van der Waals surface area contributed by atoms with Crippen LogP contribution in [-0.4, -0.2) is 68.1 Å². The van der Waals surface area contributed by atoms with E-state index in [4.69, 9.17) is 9.73 Å². The third kappa shape index (κ3) is 6.41. The molecule has 198 valence electrons. The molecule has 0 N–H and O–H groups in total. The highest BCUT2D eigenvalue weighted by atomic mass is 32.2. The van der Waals surface area contributed by atoms with Crippen molar-refractivity contribution in [1.29, 1.82) is 0 Å². The minimum absolute atomic E-state index is 0.372. The molecule has 2 saturated heterocycles. The van der Waals surface area contributed by atoms with Crippen molar-refractivity contribution in [3.8, 4) is 11.3 Å². The van der Waals surface area contributed by atoms with E-state index >= 15 is 0 Å². The SMILES string of the molecule is Cc1ccc(N=c2scc(-c3ccc(S(=O)(=O)N4CCCCC4)cc3)n2CCCN2CCOCC2)cc1. The van der Waals surface area contributed by atoms with E-state index in [-0.39, 0.29) is 0 Å². The molecule has 2 fully saturated rings. The summed E-state index contributed by atoms with van der Waals surface area (Å²) >= 11 is 1.62. The first kappa shape index (κ1) is 26.3. The van der Waals surface area contributed by atoms with Crippen LogP contribution < -0.4 is 4.80 Å². The van der Waals surface area contributed by atoms with Gasteiger partial charge < -0.3 is 9.30 Å². The number of thiazole rings is 1. The number of aromatic nitrogens is 1. The van der Waals surface area contributed by atoms with E-state index in [1.54, 1.807) is 27.8 Å². The molecule has 0 spiro atoms. The first-order valence-electron chi connectivity index (χ1n) is 13.2. The molecule has 9 heteroatoms. The van der Waals surface area contributed by atoms with Gasteiger partial charge in [0, 0.05) is 44.6 Å². The molecule has 0 amide bonds. The molecule has 7 nitrogen and oxygen atoms in total. The summed E-state index contributed by atoms with van der Waals surface area (Å²) in [5.41, 5.74) is 4.22. The molecule has 37 heavy (non-hydrogen) atoms. The quantitative estimate of drug-likeness (QED) is 0.417. The van der Waals surface area contributed by atoms with Crippen LogP contribution in [0, 0.1) is 6.92 Å². The molecule has 0 atom stereocenters. The van der Waals surface area contributed by atoms with E-state index in [2.05, 4.69) is 33.9 Å². The van der Waals surface area contributed by atoms with Crippen molar-refractivity contribution >= 4 is 27.0 Å². The number of piperidine rings is 1. The summed E-state index contributed by atoms with van der Waals surface area (Å²) in [6.45, 7) is 8.73. The highest BCUT2D eigenvalue weighted by Crippen LogP contribution is 2.26. The van der Waals surface area contributed by atoms with Gasteiger partial charge in [0.15, 0.2) is 4.80 Å². The van der Waals surface area contributed by atoms with Crippen LogP contribution in [0.4, 0.5) is 5.69 Å². The van der Waals surface area contributed by atoms with Gasteiger partial charge in [0.25, 0.3) is 0 Å². The normalized spacial score (nSPS) is 18.4. The number of ether oxygens (including phenoxy) is 1. The topological polar surface area (TPSA) is 67.1 Å². The molecule has 3 aromatic rings. The molecule has 2 aliphatic heterocycles. The number of hydrogen-bond donors (Lipinski definition) is 0. The average molecular weight is 541 g/mol. The highest BCUT2D eigenvalue weighted by molar-refractivity contribution is 7.89. The Balaban J connectivity index is 1.41. The largest absolute Gasteiger partial charge is 0.379 e. The monoisotopic (exact) mass is 540 g/mol. The summed E-state index contributed by atoms with van der Waals surface area (Å²) in [6.07, 6.45) is 3.98. The maximum absolute atomic E-state index is 13.1. The predicted octanol–water partition coefficient (Wildman–Crippen LogP) is 4.65. The summed E-state index contributed by atoms with van der Waals surface area (Å²) < 4.78 is 35.6. The van der Waals surface area contributed by atoms with E-state index in [1.807, 2.05) is 24.3 Å². The summed E-state index contributed by atoms with van der Waals surface area (Å²) in [4.78, 5) is 8.73. The molecule has 0 aliphatic carbocycles. The molecule has 0 unspecified atom stereocenters. The number of hydrogen-bond acceptors (Lipinski definition) is 6. The zero-order valence-electron chi connectivity index (χ0n) is 21.5. The van der Waals surface area contributed by atoms with Crippen LogP contribution in [0.25, 0.3) is 11.3 Å². The van der Waals surface area contributed by atoms with E-state index in [0.717, 1.165) is 86.8 Å². The maximum Gasteiger partial charge on any atom is 0.243 e. The van der Waals surface area contributed by atoms with Crippen molar-refractivity contribution in [3.05, 3.63) is 64.3 Å². The first-order valence-corrected chi connectivity index (χ1v) is 15.5. The van der Waals surface area contributed by atoms with Crippen LogP contribution in [0.1, 0.15) is 31.2 Å². The lowest BCUT2D eigenvalue weighted by Crippen LogP contribution is -2.37. The molecule has 2 aromatic carbocycles. The summed E-state index contributed by atoms with van der Waals surface area (Å²) in [5.74, 6) is 0. The average Bonchev–Trinajstić information content (AvgIpc) is 3.33. The van der Waals surface area contributed by atoms with Crippen molar-refractivity contribution in [2.75, 3.05) is 45.9 Å². The fourth-order valence-corrected chi connectivity index (χ4v) is 7.40. The number of sulfonamides is 1. The van der Waals surface area contributed by atoms with Crippen LogP contribution >= 0.6 is 11.3 Å². The van der Waals surface area contributed by atoms with Gasteiger partial charge in [-0.05, 0) is 56.0 Å². The Bertz CT molecular complexity index is 1330. The Morgan fingerprint density at radius 3 is 2.30 bits per heavy atom. The molecule has 5 rings (SSSR count). The number of nitrogens with zero attached hydrogens (tertiary/aromatic N) is 4. The highest BCUT2D eigenvalue weighted by Gasteiger charge is 2.26. The summed E-state index contributed by atoms with van der Waals surface area (Å²) in [7, 11) is -3.44. The number of rotatable bonds is 8. The van der Waals surface area contributed by atoms with Gasteiger partial charge in [0.05, 0.1) is 29.5 Å². The molecule has 1 aromatic heterocycles. The second-order valence-electron chi connectivity index (χ2n) is 9.80. The van der Waals surface area contributed by atoms with Crippen molar-refractivity contribution in [2.24, 2.45) is 4.99 Å².